The molecule has 0 unspecified atom stereocenters. The number of halogens is 2. The fraction of sp³-hybridized carbons (Fsp3) is 0.429. The Morgan fingerprint density at radius 2 is 2.23 bits per heavy atom. The lowest BCUT2D eigenvalue weighted by molar-refractivity contribution is 0.0546. The number of amides is 1. The number of nitrogens with zero attached hydrogens (tertiary/aromatic N) is 5. The quantitative estimate of drug-likeness (QED) is 0.871. The second kappa shape index (κ2) is 6.17. The van der Waals surface area contributed by atoms with E-state index >= 15 is 0 Å². The largest absolute Gasteiger partial charge is 0.337 e. The van der Waals surface area contributed by atoms with Crippen molar-refractivity contribution in [1.29, 1.82) is 0 Å². The molecule has 6 nitrogen and oxygen atoms in total. The van der Waals surface area contributed by atoms with Gasteiger partial charge in [-0.15, -0.1) is 0 Å². The normalized spacial score (nSPS) is 18.7. The molecule has 1 aliphatic heterocycles. The van der Waals surface area contributed by atoms with Crippen molar-refractivity contribution in [1.82, 2.24) is 24.6 Å². The van der Waals surface area contributed by atoms with Crippen LogP contribution in [-0.4, -0.2) is 43.6 Å². The second-order valence-electron chi connectivity index (χ2n) is 5.18. The van der Waals surface area contributed by atoms with Crippen LogP contribution in [0.2, 0.25) is 0 Å². The summed E-state index contributed by atoms with van der Waals surface area (Å²) in [6.07, 6.45) is 7.80. The number of hydrogen-bond acceptors (Lipinski definition) is 4. The van der Waals surface area contributed by atoms with Crippen LogP contribution in [-0.2, 0) is 0 Å². The van der Waals surface area contributed by atoms with E-state index in [1.54, 1.807) is 23.5 Å². The summed E-state index contributed by atoms with van der Waals surface area (Å²) in [6.45, 7) is -1.65. The number of alkyl halides is 2. The van der Waals surface area contributed by atoms with Gasteiger partial charge in [0.15, 0.2) is 5.69 Å². The summed E-state index contributed by atoms with van der Waals surface area (Å²) in [7, 11) is 0. The molecular weight excluding hydrogens is 292 g/mol. The maximum atomic E-state index is 12.5. The van der Waals surface area contributed by atoms with E-state index in [-0.39, 0.29) is 17.5 Å². The fourth-order valence-electron chi connectivity index (χ4n) is 2.65. The third-order valence-electron chi connectivity index (χ3n) is 3.74. The average molecular weight is 307 g/mol. The number of hydrogen-bond donors (Lipinski definition) is 0. The summed E-state index contributed by atoms with van der Waals surface area (Å²) >= 11 is 0. The van der Waals surface area contributed by atoms with Crippen LogP contribution in [0.5, 0.6) is 0 Å². The second-order valence-corrected chi connectivity index (χ2v) is 5.18. The van der Waals surface area contributed by atoms with E-state index in [1.165, 1.54) is 6.07 Å². The zero-order chi connectivity index (χ0) is 15.5. The van der Waals surface area contributed by atoms with E-state index in [4.69, 9.17) is 0 Å². The lowest BCUT2D eigenvalue weighted by atomic mass is 9.95. The molecule has 0 spiro atoms. The number of carbonyl (C=O) groups excluding carboxylic acids is 1. The van der Waals surface area contributed by atoms with Crippen LogP contribution in [0.15, 0.2) is 30.9 Å². The molecule has 1 aliphatic rings. The molecule has 8 heteroatoms. The highest BCUT2D eigenvalue weighted by molar-refractivity contribution is 5.92. The van der Waals surface area contributed by atoms with Crippen molar-refractivity contribution >= 4 is 5.91 Å². The van der Waals surface area contributed by atoms with E-state index in [0.717, 1.165) is 24.7 Å². The summed E-state index contributed by atoms with van der Waals surface area (Å²) in [5, 5.41) is 3.63. The monoisotopic (exact) mass is 307 g/mol. The van der Waals surface area contributed by atoms with Crippen molar-refractivity contribution < 1.29 is 13.6 Å². The highest BCUT2D eigenvalue weighted by Gasteiger charge is 2.27. The first-order valence-corrected chi connectivity index (χ1v) is 7.03. The Morgan fingerprint density at radius 3 is 2.91 bits per heavy atom. The maximum Gasteiger partial charge on any atom is 0.333 e. The van der Waals surface area contributed by atoms with Crippen LogP contribution >= 0.6 is 0 Å². The average Bonchev–Trinajstić information content (AvgIpc) is 3.05. The molecule has 0 radical (unpaired) electrons. The van der Waals surface area contributed by atoms with Crippen molar-refractivity contribution in [2.24, 2.45) is 0 Å². The maximum absolute atomic E-state index is 12.5. The van der Waals surface area contributed by atoms with Crippen molar-refractivity contribution in [3.63, 3.8) is 0 Å². The topological polar surface area (TPSA) is 63.9 Å². The van der Waals surface area contributed by atoms with E-state index in [2.05, 4.69) is 15.1 Å². The van der Waals surface area contributed by atoms with Crippen LogP contribution < -0.4 is 0 Å². The van der Waals surface area contributed by atoms with Gasteiger partial charge in [-0.05, 0) is 18.9 Å². The van der Waals surface area contributed by atoms with Gasteiger partial charge in [0.05, 0.1) is 5.69 Å². The molecule has 116 valence electrons. The molecule has 3 rings (SSSR count). The zero-order valence-corrected chi connectivity index (χ0v) is 11.8. The molecule has 1 atom stereocenters. The Bertz CT molecular complexity index is 646. The Labute approximate surface area is 125 Å². The molecule has 2 aromatic heterocycles. The molecule has 0 N–H and O–H groups in total. The standard InChI is InChI=1S/C14H15F2N5O/c15-14(16)21-7-3-11(19-21)13(22)20-6-1-2-10(9-20)12-8-17-4-5-18-12/h3-5,7-8,10,14H,1-2,6,9H2/t10-/m1/s1. The Hall–Kier alpha value is -2.38. The van der Waals surface area contributed by atoms with Gasteiger partial charge in [-0.3, -0.25) is 14.8 Å². The molecule has 3 heterocycles. The molecule has 1 saturated heterocycles. The Kier molecular flexibility index (Phi) is 4.08. The molecule has 1 fully saturated rings. The van der Waals surface area contributed by atoms with Crippen molar-refractivity contribution in [3.05, 3.63) is 42.2 Å². The van der Waals surface area contributed by atoms with Gasteiger partial charge in [-0.25, -0.2) is 4.68 Å². The fourth-order valence-corrected chi connectivity index (χ4v) is 2.65. The summed E-state index contributed by atoms with van der Waals surface area (Å²) in [6, 6.07) is 1.32. The van der Waals surface area contributed by atoms with Crippen LogP contribution in [0.4, 0.5) is 8.78 Å². The minimum absolute atomic E-state index is 0.0418. The molecule has 0 aliphatic carbocycles. The van der Waals surface area contributed by atoms with Gasteiger partial charge < -0.3 is 4.90 Å². The van der Waals surface area contributed by atoms with Crippen molar-refractivity contribution in [3.8, 4) is 0 Å². The highest BCUT2D eigenvalue weighted by Crippen LogP contribution is 2.25. The first kappa shape index (κ1) is 14.6. The van der Waals surface area contributed by atoms with Crippen LogP contribution in [0.1, 0.15) is 41.5 Å². The number of rotatable bonds is 3. The molecule has 0 aromatic carbocycles. The third kappa shape index (κ3) is 2.95. The molecule has 0 bridgehead atoms. The van der Waals surface area contributed by atoms with E-state index in [1.807, 2.05) is 0 Å². The highest BCUT2D eigenvalue weighted by atomic mass is 19.3. The van der Waals surface area contributed by atoms with E-state index in [9.17, 15) is 13.6 Å². The van der Waals surface area contributed by atoms with Crippen LogP contribution in [0.25, 0.3) is 0 Å². The van der Waals surface area contributed by atoms with Gasteiger partial charge in [-0.2, -0.15) is 13.9 Å². The van der Waals surface area contributed by atoms with Gasteiger partial charge in [0.1, 0.15) is 0 Å². The zero-order valence-electron chi connectivity index (χ0n) is 11.8. The van der Waals surface area contributed by atoms with Crippen LogP contribution in [0.3, 0.4) is 0 Å². The lowest BCUT2D eigenvalue weighted by Gasteiger charge is -2.31. The van der Waals surface area contributed by atoms with E-state index < -0.39 is 6.55 Å². The van der Waals surface area contributed by atoms with Crippen molar-refractivity contribution in [2.75, 3.05) is 13.1 Å². The SMILES string of the molecule is O=C(c1ccn(C(F)F)n1)N1CCC[C@@H](c2cnccn2)C1. The summed E-state index contributed by atoms with van der Waals surface area (Å²) < 4.78 is 25.5. The third-order valence-corrected chi connectivity index (χ3v) is 3.74. The number of piperidine rings is 1. The Morgan fingerprint density at radius 1 is 1.36 bits per heavy atom. The van der Waals surface area contributed by atoms with Crippen LogP contribution in [0, 0.1) is 0 Å². The predicted octanol–water partition coefficient (Wildman–Crippen LogP) is 2.09. The lowest BCUT2D eigenvalue weighted by Crippen LogP contribution is -2.39. The van der Waals surface area contributed by atoms with Gasteiger partial charge in [0.2, 0.25) is 0 Å². The Balaban J connectivity index is 1.72. The minimum Gasteiger partial charge on any atom is -0.337 e. The van der Waals surface area contributed by atoms with Gasteiger partial charge in [0.25, 0.3) is 5.91 Å². The number of carbonyl (C=O) groups is 1. The first-order valence-electron chi connectivity index (χ1n) is 7.03. The van der Waals surface area contributed by atoms with Gasteiger partial charge in [-0.1, -0.05) is 0 Å². The molecule has 2 aromatic rings. The van der Waals surface area contributed by atoms with E-state index in [0.29, 0.717) is 17.8 Å². The number of aromatic nitrogens is 4. The smallest absolute Gasteiger partial charge is 0.333 e. The molecule has 0 saturated carbocycles. The van der Waals surface area contributed by atoms with Gasteiger partial charge >= 0.3 is 6.55 Å². The first-order chi connectivity index (χ1) is 10.6. The molecule has 22 heavy (non-hydrogen) atoms. The summed E-state index contributed by atoms with van der Waals surface area (Å²) in [5.41, 5.74) is 0.887. The summed E-state index contributed by atoms with van der Waals surface area (Å²) in [4.78, 5) is 22.3. The van der Waals surface area contributed by atoms with Crippen molar-refractivity contribution in [2.45, 2.75) is 25.3 Å². The molecule has 1 amide bonds. The summed E-state index contributed by atoms with van der Waals surface area (Å²) in [5.74, 6) is -0.212. The molecular formula is C14H15F2N5O. The predicted molar refractivity (Wildman–Crippen MR) is 73.4 cm³/mol. The van der Waals surface area contributed by atoms with Gasteiger partial charge in [0, 0.05) is 43.8 Å². The minimum atomic E-state index is -2.74. The number of likely N-dealkylation sites (tertiary alicyclic amines) is 1.